The number of methoxy groups -OCH3 is 1. The molecule has 1 aromatic rings. The van der Waals surface area contributed by atoms with Crippen LogP contribution in [0, 0.1) is 0 Å². The van der Waals surface area contributed by atoms with Gasteiger partial charge in [0.25, 0.3) is 0 Å². The average Bonchev–Trinajstić information content (AvgIpc) is 3.22. The first-order chi connectivity index (χ1) is 16.8. The summed E-state index contributed by atoms with van der Waals surface area (Å²) in [6, 6.07) is 2.74. The van der Waals surface area contributed by atoms with Crippen molar-refractivity contribution in [2.24, 2.45) is 0 Å². The molecule has 0 radical (unpaired) electrons. The van der Waals surface area contributed by atoms with Gasteiger partial charge in [0.1, 0.15) is 35.9 Å². The summed E-state index contributed by atoms with van der Waals surface area (Å²) >= 11 is 0. The summed E-state index contributed by atoms with van der Waals surface area (Å²) in [6.07, 6.45) is -3.49. The fourth-order valence-corrected chi connectivity index (χ4v) is 4.27. The van der Waals surface area contributed by atoms with Crippen molar-refractivity contribution in [1.82, 2.24) is 0 Å². The van der Waals surface area contributed by atoms with E-state index >= 15 is 0 Å². The maximum Gasteiger partial charge on any atom is 0.310 e. The SMILES string of the molecule is COC(=O)Cc1cc(O)c(C=CC2(C)CCC(C(C)(C)O)O2)cc1OC1OC(CO)C(O)C(O)C1O. The smallest absolute Gasteiger partial charge is 0.310 e. The van der Waals surface area contributed by atoms with E-state index in [-0.39, 0.29) is 29.6 Å². The number of ether oxygens (including phenoxy) is 4. The van der Waals surface area contributed by atoms with Gasteiger partial charge < -0.3 is 49.6 Å². The summed E-state index contributed by atoms with van der Waals surface area (Å²) < 4.78 is 21.9. The van der Waals surface area contributed by atoms with Crippen molar-refractivity contribution in [3.8, 4) is 11.5 Å². The third kappa shape index (κ3) is 6.35. The number of rotatable bonds is 8. The normalized spacial score (nSPS) is 33.1. The van der Waals surface area contributed by atoms with Gasteiger partial charge >= 0.3 is 5.97 Å². The van der Waals surface area contributed by atoms with Crippen LogP contribution >= 0.6 is 0 Å². The second-order valence-corrected chi connectivity index (χ2v) is 10.0. The predicted octanol–water partition coefficient (Wildman–Crippen LogP) is 0.00820. The third-order valence-electron chi connectivity index (χ3n) is 6.58. The van der Waals surface area contributed by atoms with Gasteiger partial charge in [-0.2, -0.15) is 0 Å². The molecule has 0 bridgehead atoms. The number of phenols is 1. The van der Waals surface area contributed by atoms with E-state index in [1.807, 2.05) is 6.92 Å². The molecule has 7 atom stereocenters. The van der Waals surface area contributed by atoms with E-state index < -0.39 is 54.5 Å². The molecule has 11 heteroatoms. The molecule has 1 aromatic carbocycles. The van der Waals surface area contributed by atoms with Crippen molar-refractivity contribution in [3.05, 3.63) is 29.3 Å². The Kier molecular flexibility index (Phi) is 8.67. The molecule has 0 spiro atoms. The number of benzene rings is 1. The second kappa shape index (κ2) is 11.0. The number of aliphatic hydroxyl groups is 5. The molecule has 2 heterocycles. The van der Waals surface area contributed by atoms with Gasteiger partial charge in [-0.05, 0) is 45.7 Å². The topological polar surface area (TPSA) is 175 Å². The average molecular weight is 513 g/mol. The van der Waals surface area contributed by atoms with Crippen LogP contribution in [-0.2, 0) is 25.4 Å². The standard InChI is InChI=1S/C25H36O11/c1-24(2,32)18-6-8-25(3,36-18)7-5-13-10-16(14(9-15(13)27)11-19(28)33-4)34-23-22(31)21(30)20(29)17(12-26)35-23/h5,7,9-10,17-18,20-23,26-27,29-32H,6,8,11-12H2,1-4H3. The fraction of sp³-hybridized carbons (Fsp3) is 0.640. The number of carbonyl (C=O) groups is 1. The van der Waals surface area contributed by atoms with Crippen LogP contribution in [0.25, 0.3) is 6.08 Å². The molecule has 202 valence electrons. The molecule has 0 saturated carbocycles. The molecule has 2 fully saturated rings. The Balaban J connectivity index is 1.90. The Labute approximate surface area is 209 Å². The summed E-state index contributed by atoms with van der Waals surface area (Å²) in [7, 11) is 1.21. The predicted molar refractivity (Wildman–Crippen MR) is 126 cm³/mol. The lowest BCUT2D eigenvalue weighted by Crippen LogP contribution is -2.60. The van der Waals surface area contributed by atoms with Gasteiger partial charge in [0.05, 0.1) is 37.4 Å². The van der Waals surface area contributed by atoms with Crippen LogP contribution < -0.4 is 4.74 Å². The van der Waals surface area contributed by atoms with Gasteiger partial charge in [-0.15, -0.1) is 0 Å². The molecule has 0 aromatic heterocycles. The second-order valence-electron chi connectivity index (χ2n) is 10.0. The zero-order valence-electron chi connectivity index (χ0n) is 20.8. The van der Waals surface area contributed by atoms with Crippen LogP contribution in [0.1, 0.15) is 44.7 Å². The highest BCUT2D eigenvalue weighted by Gasteiger charge is 2.45. The van der Waals surface area contributed by atoms with E-state index in [0.717, 1.165) is 0 Å². The van der Waals surface area contributed by atoms with E-state index in [1.165, 1.54) is 19.2 Å². The number of hydrogen-bond acceptors (Lipinski definition) is 11. The summed E-state index contributed by atoms with van der Waals surface area (Å²) in [5.41, 5.74) is -1.17. The van der Waals surface area contributed by atoms with Crippen molar-refractivity contribution in [1.29, 1.82) is 0 Å². The molecular weight excluding hydrogens is 476 g/mol. The summed E-state index contributed by atoms with van der Waals surface area (Å²) in [4.78, 5) is 11.9. The van der Waals surface area contributed by atoms with Crippen molar-refractivity contribution >= 4 is 12.0 Å². The van der Waals surface area contributed by atoms with Crippen molar-refractivity contribution in [2.75, 3.05) is 13.7 Å². The van der Waals surface area contributed by atoms with E-state index in [4.69, 9.17) is 18.9 Å². The van der Waals surface area contributed by atoms with Crippen molar-refractivity contribution in [2.45, 2.75) is 88.0 Å². The first kappa shape index (κ1) is 28.3. The minimum absolute atomic E-state index is 0.0500. The number of hydrogen-bond donors (Lipinski definition) is 6. The molecule has 36 heavy (non-hydrogen) atoms. The monoisotopic (exact) mass is 512 g/mol. The van der Waals surface area contributed by atoms with Gasteiger partial charge in [-0.1, -0.05) is 12.2 Å². The van der Waals surface area contributed by atoms with Gasteiger partial charge in [0, 0.05) is 11.1 Å². The van der Waals surface area contributed by atoms with Crippen molar-refractivity contribution < 1.29 is 54.4 Å². The Morgan fingerprint density at radius 1 is 1.22 bits per heavy atom. The van der Waals surface area contributed by atoms with Gasteiger partial charge in [0.15, 0.2) is 0 Å². The lowest BCUT2D eigenvalue weighted by Gasteiger charge is -2.39. The Bertz CT molecular complexity index is 954. The molecule has 0 amide bonds. The molecule has 0 aliphatic carbocycles. The lowest BCUT2D eigenvalue weighted by atomic mass is 9.96. The number of phenolic OH excluding ortho intramolecular Hbond substituents is 1. The number of carbonyl (C=O) groups excluding carboxylic acids is 1. The molecule has 2 saturated heterocycles. The molecule has 7 unspecified atom stereocenters. The summed E-state index contributed by atoms with van der Waals surface area (Å²) in [5.74, 6) is -0.721. The van der Waals surface area contributed by atoms with Crippen LogP contribution in [-0.4, -0.2) is 98.3 Å². The van der Waals surface area contributed by atoms with E-state index in [2.05, 4.69) is 0 Å². The first-order valence-corrected chi connectivity index (χ1v) is 11.8. The largest absolute Gasteiger partial charge is 0.507 e. The quantitative estimate of drug-likeness (QED) is 0.259. The zero-order chi connectivity index (χ0) is 26.8. The molecule has 3 rings (SSSR count). The summed E-state index contributed by atoms with van der Waals surface area (Å²) in [5, 5.41) is 60.8. The van der Waals surface area contributed by atoms with Crippen molar-refractivity contribution in [3.63, 3.8) is 0 Å². The molecular formula is C25H36O11. The van der Waals surface area contributed by atoms with Gasteiger partial charge in [0.2, 0.25) is 6.29 Å². The first-order valence-electron chi connectivity index (χ1n) is 11.8. The Hall–Kier alpha value is -2.25. The van der Waals surface area contributed by atoms with Crippen LogP contribution in [0.15, 0.2) is 18.2 Å². The van der Waals surface area contributed by atoms with E-state index in [9.17, 15) is 35.4 Å². The lowest BCUT2D eigenvalue weighted by molar-refractivity contribution is -0.277. The van der Waals surface area contributed by atoms with Crippen LogP contribution in [0.5, 0.6) is 11.5 Å². The highest BCUT2D eigenvalue weighted by molar-refractivity contribution is 5.74. The molecule has 11 nitrogen and oxygen atoms in total. The van der Waals surface area contributed by atoms with E-state index in [0.29, 0.717) is 18.4 Å². The molecule has 2 aliphatic heterocycles. The third-order valence-corrected chi connectivity index (χ3v) is 6.58. The van der Waals surface area contributed by atoms with Gasteiger partial charge in [-0.25, -0.2) is 0 Å². The minimum atomic E-state index is -1.66. The fourth-order valence-electron chi connectivity index (χ4n) is 4.27. The maximum atomic E-state index is 11.9. The minimum Gasteiger partial charge on any atom is -0.507 e. The Morgan fingerprint density at radius 2 is 1.92 bits per heavy atom. The van der Waals surface area contributed by atoms with E-state index in [1.54, 1.807) is 26.0 Å². The summed E-state index contributed by atoms with van der Waals surface area (Å²) in [6.45, 7) is 4.60. The number of aromatic hydroxyl groups is 1. The van der Waals surface area contributed by atoms with Crippen LogP contribution in [0.2, 0.25) is 0 Å². The maximum absolute atomic E-state index is 11.9. The number of aliphatic hydroxyl groups excluding tert-OH is 4. The number of esters is 1. The molecule has 2 aliphatic rings. The highest BCUT2D eigenvalue weighted by Crippen LogP contribution is 2.38. The van der Waals surface area contributed by atoms with Gasteiger partial charge in [-0.3, -0.25) is 4.79 Å². The van der Waals surface area contributed by atoms with Crippen LogP contribution in [0.4, 0.5) is 0 Å². The van der Waals surface area contributed by atoms with Crippen LogP contribution in [0.3, 0.4) is 0 Å². The zero-order valence-corrected chi connectivity index (χ0v) is 20.8. The molecule has 6 N–H and O–H groups in total. The highest BCUT2D eigenvalue weighted by atomic mass is 16.7. The Morgan fingerprint density at radius 3 is 2.50 bits per heavy atom.